The highest BCUT2D eigenvalue weighted by Gasteiger charge is 2.48. The quantitative estimate of drug-likeness (QED) is 0.891. The Morgan fingerprint density at radius 1 is 1.43 bits per heavy atom. The van der Waals surface area contributed by atoms with Crippen molar-refractivity contribution in [2.24, 2.45) is 0 Å². The first-order chi connectivity index (χ1) is 10.2. The van der Waals surface area contributed by atoms with Crippen LogP contribution in [0.25, 0.3) is 0 Å². The number of ether oxygens (including phenoxy) is 1. The molecule has 1 heterocycles. The summed E-state index contributed by atoms with van der Waals surface area (Å²) in [6, 6.07) is 8.50. The van der Waals surface area contributed by atoms with Gasteiger partial charge in [0.2, 0.25) is 0 Å². The van der Waals surface area contributed by atoms with Crippen molar-refractivity contribution < 1.29 is 14.6 Å². The fourth-order valence-corrected chi connectivity index (χ4v) is 3.92. The van der Waals surface area contributed by atoms with Crippen LogP contribution in [0.4, 0.5) is 0 Å². The largest absolute Gasteiger partial charge is 0.479 e. The van der Waals surface area contributed by atoms with Crippen LogP contribution >= 0.6 is 0 Å². The van der Waals surface area contributed by atoms with E-state index >= 15 is 0 Å². The highest BCUT2D eigenvalue weighted by Crippen LogP contribution is 2.47. The molecular formula is C17H23NO3. The molecule has 0 amide bonds. The van der Waals surface area contributed by atoms with E-state index in [2.05, 4.69) is 29.6 Å². The fourth-order valence-electron chi connectivity index (χ4n) is 3.92. The average molecular weight is 289 g/mol. The van der Waals surface area contributed by atoms with Crippen LogP contribution in [0.15, 0.2) is 24.3 Å². The standard InChI is InChI=1S/C17H23NO3/c1-2-14(16(19)20)21-15-11-12-5-3-4-6-13(12)17(15)7-9-18-10-8-17/h3-6,14-15,18H,2,7-11H2,1H3,(H,19,20)/t14?,15-/m0/s1. The molecule has 0 radical (unpaired) electrons. The van der Waals surface area contributed by atoms with Gasteiger partial charge in [-0.15, -0.1) is 0 Å². The van der Waals surface area contributed by atoms with Crippen LogP contribution in [0.3, 0.4) is 0 Å². The van der Waals surface area contributed by atoms with Crippen molar-refractivity contribution in [1.29, 1.82) is 0 Å². The molecule has 1 aromatic rings. The predicted octanol–water partition coefficient (Wildman–Crippen LogP) is 2.11. The third kappa shape index (κ3) is 2.47. The molecule has 114 valence electrons. The zero-order valence-corrected chi connectivity index (χ0v) is 12.5. The SMILES string of the molecule is CCC(O[C@H]1Cc2ccccc2C12CCNCC2)C(=O)O. The minimum atomic E-state index is -0.849. The number of rotatable bonds is 4. The summed E-state index contributed by atoms with van der Waals surface area (Å²) in [5.41, 5.74) is 2.69. The summed E-state index contributed by atoms with van der Waals surface area (Å²) >= 11 is 0. The number of aliphatic carboxylic acids is 1. The molecule has 2 atom stereocenters. The summed E-state index contributed by atoms with van der Waals surface area (Å²) in [6.07, 6.45) is 2.67. The van der Waals surface area contributed by atoms with Gasteiger partial charge in [-0.1, -0.05) is 31.2 Å². The van der Waals surface area contributed by atoms with Crippen LogP contribution in [0.5, 0.6) is 0 Å². The summed E-state index contributed by atoms with van der Waals surface area (Å²) in [5.74, 6) is -0.849. The van der Waals surface area contributed by atoms with E-state index in [1.165, 1.54) is 11.1 Å². The second kappa shape index (κ2) is 5.78. The van der Waals surface area contributed by atoms with Crippen LogP contribution in [-0.4, -0.2) is 36.4 Å². The molecule has 0 saturated carbocycles. The van der Waals surface area contributed by atoms with Gasteiger partial charge in [0.25, 0.3) is 0 Å². The Morgan fingerprint density at radius 3 is 2.81 bits per heavy atom. The van der Waals surface area contributed by atoms with Gasteiger partial charge in [0.15, 0.2) is 6.10 Å². The normalized spacial score (nSPS) is 24.7. The van der Waals surface area contributed by atoms with Gasteiger partial charge in [0, 0.05) is 5.41 Å². The zero-order chi connectivity index (χ0) is 14.9. The molecular weight excluding hydrogens is 266 g/mol. The maximum absolute atomic E-state index is 11.3. The summed E-state index contributed by atoms with van der Waals surface area (Å²) in [6.45, 7) is 3.81. The van der Waals surface area contributed by atoms with Crippen LogP contribution in [-0.2, 0) is 21.4 Å². The molecule has 3 rings (SSSR count). The summed E-state index contributed by atoms with van der Waals surface area (Å²) in [7, 11) is 0. The molecule has 1 aliphatic heterocycles. The molecule has 1 aliphatic carbocycles. The van der Waals surface area contributed by atoms with Crippen molar-refractivity contribution in [3.05, 3.63) is 35.4 Å². The topological polar surface area (TPSA) is 58.6 Å². The van der Waals surface area contributed by atoms with Gasteiger partial charge < -0.3 is 15.2 Å². The van der Waals surface area contributed by atoms with Crippen molar-refractivity contribution in [3.63, 3.8) is 0 Å². The number of fused-ring (bicyclic) bond motifs is 2. The second-order valence-corrected chi connectivity index (χ2v) is 6.13. The van der Waals surface area contributed by atoms with Gasteiger partial charge >= 0.3 is 5.97 Å². The number of piperidine rings is 1. The number of carboxylic acid groups (broad SMARTS) is 1. The van der Waals surface area contributed by atoms with Crippen LogP contribution in [0.1, 0.15) is 37.3 Å². The molecule has 1 unspecified atom stereocenters. The van der Waals surface area contributed by atoms with Gasteiger partial charge in [-0.2, -0.15) is 0 Å². The average Bonchev–Trinajstić information content (AvgIpc) is 2.79. The monoisotopic (exact) mass is 289 g/mol. The highest BCUT2D eigenvalue weighted by molar-refractivity contribution is 5.72. The van der Waals surface area contributed by atoms with E-state index in [1.807, 2.05) is 6.92 Å². The van der Waals surface area contributed by atoms with Gasteiger partial charge in [0.1, 0.15) is 0 Å². The van der Waals surface area contributed by atoms with Crippen LogP contribution in [0, 0.1) is 0 Å². The zero-order valence-electron chi connectivity index (χ0n) is 12.5. The van der Waals surface area contributed by atoms with Crippen molar-refractivity contribution in [3.8, 4) is 0 Å². The number of carboxylic acids is 1. The number of hydrogen-bond donors (Lipinski definition) is 2. The smallest absolute Gasteiger partial charge is 0.332 e. The molecule has 1 fully saturated rings. The lowest BCUT2D eigenvalue weighted by Gasteiger charge is -2.40. The highest BCUT2D eigenvalue weighted by atomic mass is 16.5. The molecule has 0 aromatic heterocycles. The van der Waals surface area contributed by atoms with Crippen LogP contribution in [0.2, 0.25) is 0 Å². The number of nitrogens with one attached hydrogen (secondary N) is 1. The predicted molar refractivity (Wildman–Crippen MR) is 80.5 cm³/mol. The Bertz CT molecular complexity index is 523. The molecule has 1 spiro atoms. The molecule has 1 saturated heterocycles. The third-order valence-corrected chi connectivity index (χ3v) is 5.05. The fraction of sp³-hybridized carbons (Fsp3) is 0.588. The molecule has 4 nitrogen and oxygen atoms in total. The first-order valence-electron chi connectivity index (χ1n) is 7.85. The summed E-state index contributed by atoms with van der Waals surface area (Å²) < 4.78 is 6.07. The Balaban J connectivity index is 1.92. The Morgan fingerprint density at radius 2 is 2.14 bits per heavy atom. The van der Waals surface area contributed by atoms with E-state index in [0.717, 1.165) is 32.4 Å². The first kappa shape index (κ1) is 14.5. The van der Waals surface area contributed by atoms with E-state index in [-0.39, 0.29) is 11.5 Å². The van der Waals surface area contributed by atoms with E-state index in [4.69, 9.17) is 4.74 Å². The maximum atomic E-state index is 11.3. The van der Waals surface area contributed by atoms with Crippen LogP contribution < -0.4 is 5.32 Å². The lowest BCUT2D eigenvalue weighted by atomic mass is 9.72. The third-order valence-electron chi connectivity index (χ3n) is 5.05. The molecule has 1 aromatic carbocycles. The van der Waals surface area contributed by atoms with Crippen molar-refractivity contribution >= 4 is 5.97 Å². The van der Waals surface area contributed by atoms with Crippen molar-refractivity contribution in [2.45, 2.75) is 50.2 Å². The molecule has 2 aliphatic rings. The number of benzene rings is 1. The second-order valence-electron chi connectivity index (χ2n) is 6.13. The van der Waals surface area contributed by atoms with Gasteiger partial charge in [-0.3, -0.25) is 0 Å². The maximum Gasteiger partial charge on any atom is 0.332 e. The Labute approximate surface area is 125 Å². The Hall–Kier alpha value is -1.39. The molecule has 21 heavy (non-hydrogen) atoms. The van der Waals surface area contributed by atoms with Crippen molar-refractivity contribution in [1.82, 2.24) is 5.32 Å². The lowest BCUT2D eigenvalue weighted by molar-refractivity contribution is -0.157. The number of hydrogen-bond acceptors (Lipinski definition) is 3. The summed E-state index contributed by atoms with van der Waals surface area (Å²) in [4.78, 5) is 11.3. The van der Waals surface area contributed by atoms with E-state index in [9.17, 15) is 9.90 Å². The minimum absolute atomic E-state index is 0.00921. The van der Waals surface area contributed by atoms with Gasteiger partial charge in [0.05, 0.1) is 6.10 Å². The van der Waals surface area contributed by atoms with Gasteiger partial charge in [-0.25, -0.2) is 4.79 Å². The summed E-state index contributed by atoms with van der Waals surface area (Å²) in [5, 5.41) is 12.7. The number of carbonyl (C=O) groups is 1. The Kier molecular flexibility index (Phi) is 4.00. The molecule has 2 N–H and O–H groups in total. The van der Waals surface area contributed by atoms with E-state index < -0.39 is 12.1 Å². The first-order valence-corrected chi connectivity index (χ1v) is 7.85. The van der Waals surface area contributed by atoms with Gasteiger partial charge in [-0.05, 0) is 49.9 Å². The van der Waals surface area contributed by atoms with Crippen molar-refractivity contribution in [2.75, 3.05) is 13.1 Å². The molecule has 4 heteroatoms. The molecule has 0 bridgehead atoms. The lowest BCUT2D eigenvalue weighted by Crippen LogP contribution is -2.48. The van der Waals surface area contributed by atoms with E-state index in [0.29, 0.717) is 6.42 Å². The minimum Gasteiger partial charge on any atom is -0.479 e. The van der Waals surface area contributed by atoms with E-state index in [1.54, 1.807) is 0 Å².